The number of aryl methyl sites for hydroxylation is 1. The first-order chi connectivity index (χ1) is 7.08. The minimum atomic E-state index is 0.343. The molecule has 2 nitrogen and oxygen atoms in total. The largest absolute Gasteiger partial charge is 0.508 e. The highest BCUT2D eigenvalue weighted by Crippen LogP contribution is 2.27. The molecule has 1 atom stereocenters. The zero-order valence-electron chi connectivity index (χ0n) is 9.32. The van der Waals surface area contributed by atoms with Crippen LogP contribution in [0.5, 0.6) is 5.75 Å². The summed E-state index contributed by atoms with van der Waals surface area (Å²) in [7, 11) is 2.12. The van der Waals surface area contributed by atoms with Crippen LogP contribution in [0.25, 0.3) is 0 Å². The van der Waals surface area contributed by atoms with E-state index < -0.39 is 0 Å². The molecule has 3 heteroatoms. The van der Waals surface area contributed by atoms with Crippen LogP contribution in [0.4, 0.5) is 0 Å². The molecular weight excluding hydrogens is 206 g/mol. The molecule has 0 unspecified atom stereocenters. The average molecular weight is 222 g/mol. The first-order valence-electron chi connectivity index (χ1n) is 5.12. The minimum absolute atomic E-state index is 0.343. The highest BCUT2D eigenvalue weighted by atomic mass is 32.2. The number of hydrogen-bond donors (Lipinski definition) is 1. The van der Waals surface area contributed by atoms with E-state index in [4.69, 9.17) is 0 Å². The molecule has 0 aromatic heterocycles. The fourth-order valence-corrected chi connectivity index (χ4v) is 3.23. The summed E-state index contributed by atoms with van der Waals surface area (Å²) in [6.07, 6.45) is 0. The van der Waals surface area contributed by atoms with Crippen molar-refractivity contribution in [1.82, 2.24) is 0 Å². The van der Waals surface area contributed by atoms with Gasteiger partial charge in [0.25, 0.3) is 0 Å². The summed E-state index contributed by atoms with van der Waals surface area (Å²) >= 11 is 1.91. The molecular formula is C12H16NOS+. The number of aromatic hydroxyl groups is 1. The second kappa shape index (κ2) is 3.89. The smallest absolute Gasteiger partial charge is 0.242 e. The molecule has 1 aliphatic heterocycles. The van der Waals surface area contributed by atoms with E-state index in [0.717, 1.165) is 12.1 Å². The summed E-state index contributed by atoms with van der Waals surface area (Å²) in [5.41, 5.74) is 2.38. The van der Waals surface area contributed by atoms with Crippen LogP contribution in [0.15, 0.2) is 18.2 Å². The van der Waals surface area contributed by atoms with E-state index in [0.29, 0.717) is 11.0 Å². The topological polar surface area (TPSA) is 23.2 Å². The number of thioether (sulfide) groups is 1. The van der Waals surface area contributed by atoms with E-state index in [1.807, 2.05) is 30.8 Å². The fraction of sp³-hybridized carbons (Fsp3) is 0.417. The summed E-state index contributed by atoms with van der Waals surface area (Å²) in [6.45, 7) is 5.38. The van der Waals surface area contributed by atoms with Crippen molar-refractivity contribution in [3.8, 4) is 5.75 Å². The van der Waals surface area contributed by atoms with E-state index in [-0.39, 0.29) is 0 Å². The lowest BCUT2D eigenvalue weighted by Gasteiger charge is -2.03. The summed E-state index contributed by atoms with van der Waals surface area (Å²) in [5.74, 6) is 0.343. The monoisotopic (exact) mass is 222 g/mol. The molecule has 1 N–H and O–H groups in total. The van der Waals surface area contributed by atoms with Crippen molar-refractivity contribution in [2.24, 2.45) is 0 Å². The van der Waals surface area contributed by atoms with E-state index in [1.54, 1.807) is 6.07 Å². The van der Waals surface area contributed by atoms with Gasteiger partial charge in [-0.1, -0.05) is 0 Å². The van der Waals surface area contributed by atoms with Gasteiger partial charge in [-0.05, 0) is 49.4 Å². The second-order valence-electron chi connectivity index (χ2n) is 4.11. The fourth-order valence-electron chi connectivity index (χ4n) is 1.94. The van der Waals surface area contributed by atoms with E-state index >= 15 is 0 Å². The number of hydrogen-bond acceptors (Lipinski definition) is 2. The Hall–Kier alpha value is -0.960. The van der Waals surface area contributed by atoms with Crippen molar-refractivity contribution in [2.45, 2.75) is 19.1 Å². The maximum atomic E-state index is 9.37. The standard InChI is InChI=1S/C12H15NOS/c1-8-6-10(14)4-5-11(8)12-13(3)7-9(2)15-12/h4-6,9H,7H2,1-3H3/p+1/t9-/m0/s1. The number of phenolic OH excluding ortho intramolecular Hbond substituents is 1. The number of phenols is 1. The summed E-state index contributed by atoms with van der Waals surface area (Å²) in [4.78, 5) is 0. The normalized spacial score (nSPS) is 21.1. The lowest BCUT2D eigenvalue weighted by atomic mass is 10.1. The molecule has 0 bridgehead atoms. The van der Waals surface area contributed by atoms with Gasteiger partial charge in [0.1, 0.15) is 12.8 Å². The Morgan fingerprint density at radius 3 is 2.73 bits per heavy atom. The minimum Gasteiger partial charge on any atom is -0.508 e. The second-order valence-corrected chi connectivity index (χ2v) is 5.54. The number of nitrogens with zero attached hydrogens (tertiary/aromatic N) is 1. The Labute approximate surface area is 94.6 Å². The van der Waals surface area contributed by atoms with Crippen LogP contribution in [0.1, 0.15) is 18.1 Å². The molecule has 0 radical (unpaired) electrons. The molecule has 1 aliphatic rings. The van der Waals surface area contributed by atoms with Crippen LogP contribution >= 0.6 is 11.8 Å². The summed E-state index contributed by atoms with van der Waals surface area (Å²) in [5, 5.41) is 11.3. The lowest BCUT2D eigenvalue weighted by molar-refractivity contribution is -0.489. The first kappa shape index (κ1) is 10.6. The molecule has 15 heavy (non-hydrogen) atoms. The van der Waals surface area contributed by atoms with E-state index in [2.05, 4.69) is 18.5 Å². The Bertz CT molecular complexity index is 426. The molecule has 0 saturated heterocycles. The van der Waals surface area contributed by atoms with Crippen molar-refractivity contribution < 1.29 is 9.68 Å². The van der Waals surface area contributed by atoms with Gasteiger partial charge in [0.05, 0.1) is 10.8 Å². The van der Waals surface area contributed by atoms with Crippen molar-refractivity contribution >= 4 is 16.8 Å². The van der Waals surface area contributed by atoms with Crippen LogP contribution in [-0.2, 0) is 0 Å². The molecule has 80 valence electrons. The molecule has 2 rings (SSSR count). The molecule has 0 spiro atoms. The Morgan fingerprint density at radius 2 is 2.20 bits per heavy atom. The zero-order valence-corrected chi connectivity index (χ0v) is 10.1. The zero-order chi connectivity index (χ0) is 11.0. The lowest BCUT2D eigenvalue weighted by Crippen LogP contribution is -2.12. The number of rotatable bonds is 1. The van der Waals surface area contributed by atoms with Crippen molar-refractivity contribution in [2.75, 3.05) is 13.6 Å². The number of benzene rings is 1. The molecule has 1 heterocycles. The van der Waals surface area contributed by atoms with Gasteiger partial charge in [-0.15, -0.1) is 0 Å². The molecule has 1 aromatic rings. The third kappa shape index (κ3) is 2.02. The Morgan fingerprint density at radius 1 is 1.47 bits per heavy atom. The summed E-state index contributed by atoms with van der Waals surface area (Å²) < 4.78 is 2.29. The third-order valence-corrected chi connectivity index (χ3v) is 3.94. The van der Waals surface area contributed by atoms with Crippen molar-refractivity contribution in [3.63, 3.8) is 0 Å². The quantitative estimate of drug-likeness (QED) is 0.736. The van der Waals surface area contributed by atoms with Crippen LogP contribution < -0.4 is 0 Å². The van der Waals surface area contributed by atoms with Gasteiger partial charge < -0.3 is 5.11 Å². The average Bonchev–Trinajstić information content (AvgIpc) is 2.45. The van der Waals surface area contributed by atoms with Gasteiger partial charge in [0, 0.05) is 0 Å². The van der Waals surface area contributed by atoms with Gasteiger partial charge in [-0.2, -0.15) is 0 Å². The molecule has 0 aliphatic carbocycles. The third-order valence-electron chi connectivity index (χ3n) is 2.63. The van der Waals surface area contributed by atoms with Crippen LogP contribution in [-0.4, -0.2) is 33.6 Å². The van der Waals surface area contributed by atoms with Crippen LogP contribution in [0, 0.1) is 6.92 Å². The first-order valence-corrected chi connectivity index (χ1v) is 6.00. The summed E-state index contributed by atoms with van der Waals surface area (Å²) in [6, 6.07) is 5.58. The molecule has 0 fully saturated rings. The SMILES string of the molecule is Cc1cc(O)ccc1C1=[N+](C)C[C@H](C)S1. The van der Waals surface area contributed by atoms with Gasteiger partial charge in [-0.25, -0.2) is 4.58 Å². The van der Waals surface area contributed by atoms with Gasteiger partial charge in [-0.3, -0.25) is 0 Å². The van der Waals surface area contributed by atoms with E-state index in [1.165, 1.54) is 10.6 Å². The maximum Gasteiger partial charge on any atom is 0.242 e. The predicted octanol–water partition coefficient (Wildman–Crippen LogP) is 2.22. The molecule has 1 aromatic carbocycles. The van der Waals surface area contributed by atoms with Gasteiger partial charge >= 0.3 is 0 Å². The van der Waals surface area contributed by atoms with Crippen molar-refractivity contribution in [3.05, 3.63) is 29.3 Å². The van der Waals surface area contributed by atoms with E-state index in [9.17, 15) is 5.11 Å². The molecule has 0 amide bonds. The highest BCUT2D eigenvalue weighted by molar-refractivity contribution is 8.14. The van der Waals surface area contributed by atoms with Gasteiger partial charge in [0.2, 0.25) is 5.04 Å². The maximum absolute atomic E-state index is 9.37. The Kier molecular flexibility index (Phi) is 2.74. The Balaban J connectivity index is 2.42. The predicted molar refractivity (Wildman–Crippen MR) is 65.1 cm³/mol. The van der Waals surface area contributed by atoms with Gasteiger partial charge in [0.15, 0.2) is 6.54 Å². The highest BCUT2D eigenvalue weighted by Gasteiger charge is 2.28. The van der Waals surface area contributed by atoms with Crippen LogP contribution in [0.2, 0.25) is 0 Å². The molecule has 0 saturated carbocycles. The van der Waals surface area contributed by atoms with Crippen LogP contribution in [0.3, 0.4) is 0 Å². The van der Waals surface area contributed by atoms with Crippen molar-refractivity contribution in [1.29, 1.82) is 0 Å².